The fourth-order valence-electron chi connectivity index (χ4n) is 5.48. The largest absolute Gasteiger partial charge is 0.494 e. The first-order valence-corrected chi connectivity index (χ1v) is 14.5. The molecule has 2 aliphatic rings. The summed E-state index contributed by atoms with van der Waals surface area (Å²) < 4.78 is 7.29. The van der Waals surface area contributed by atoms with Crippen molar-refractivity contribution in [2.45, 2.75) is 83.0 Å². The number of aromatic nitrogens is 2. The summed E-state index contributed by atoms with van der Waals surface area (Å²) in [6.45, 7) is 6.80. The minimum absolute atomic E-state index is 0.0341. The van der Waals surface area contributed by atoms with Crippen molar-refractivity contribution in [3.63, 3.8) is 0 Å². The molecular weight excluding hydrogens is 478 g/mol. The summed E-state index contributed by atoms with van der Waals surface area (Å²) in [6.07, 6.45) is 7.48. The van der Waals surface area contributed by atoms with Gasteiger partial charge in [-0.2, -0.15) is 0 Å². The van der Waals surface area contributed by atoms with Crippen LogP contribution in [0.15, 0.2) is 34.2 Å². The molecule has 1 saturated heterocycles. The molecule has 0 unspecified atom stereocenters. The molecule has 2 atom stereocenters. The van der Waals surface area contributed by atoms with E-state index in [-0.39, 0.29) is 29.3 Å². The highest BCUT2D eigenvalue weighted by Gasteiger charge is 2.29. The predicted molar refractivity (Wildman–Crippen MR) is 143 cm³/mol. The fraction of sp³-hybridized carbons (Fsp3) is 0.519. The normalized spacial score (nSPS) is 20.1. The standard InChI is InChI=1S/C27H33N3O3S2/c1-4-33-20-14-12-19(13-15-20)30-26(32)24-21-10-5-6-11-22(21)35-25(24)28-27(30)34-16-23(31)29-17(2)8-7-9-18(29)3/h12-15,17-18H,4-11,16H2,1-3H3/t17-,18-/m1/s1. The number of fused-ring (bicyclic) bond motifs is 3. The molecule has 0 radical (unpaired) electrons. The van der Waals surface area contributed by atoms with Crippen LogP contribution in [0, 0.1) is 0 Å². The smallest absolute Gasteiger partial charge is 0.267 e. The summed E-state index contributed by atoms with van der Waals surface area (Å²) in [5.41, 5.74) is 1.89. The lowest BCUT2D eigenvalue weighted by Crippen LogP contribution is -2.48. The number of benzene rings is 1. The van der Waals surface area contributed by atoms with Gasteiger partial charge in [0, 0.05) is 17.0 Å². The third-order valence-electron chi connectivity index (χ3n) is 7.17. The van der Waals surface area contributed by atoms with Crippen molar-refractivity contribution in [3.8, 4) is 11.4 Å². The Balaban J connectivity index is 1.54. The van der Waals surface area contributed by atoms with E-state index >= 15 is 0 Å². The topological polar surface area (TPSA) is 64.4 Å². The van der Waals surface area contributed by atoms with Gasteiger partial charge in [0.2, 0.25) is 5.91 Å². The van der Waals surface area contributed by atoms with Gasteiger partial charge in [-0.1, -0.05) is 11.8 Å². The molecule has 6 nitrogen and oxygen atoms in total. The lowest BCUT2D eigenvalue weighted by molar-refractivity contribution is -0.134. The number of aryl methyl sites for hydroxylation is 2. The lowest BCUT2D eigenvalue weighted by atomic mass is 9.97. The molecule has 1 aromatic carbocycles. The van der Waals surface area contributed by atoms with Gasteiger partial charge < -0.3 is 9.64 Å². The highest BCUT2D eigenvalue weighted by Crippen LogP contribution is 2.35. The maximum atomic E-state index is 13.9. The van der Waals surface area contributed by atoms with E-state index in [1.165, 1.54) is 22.2 Å². The van der Waals surface area contributed by atoms with Gasteiger partial charge in [0.05, 0.1) is 23.4 Å². The maximum Gasteiger partial charge on any atom is 0.267 e. The van der Waals surface area contributed by atoms with Crippen molar-refractivity contribution >= 4 is 39.2 Å². The SMILES string of the molecule is CCOc1ccc(-n2c(SCC(=O)N3[C@H](C)CCC[C@H]3C)nc3sc4c(c3c2=O)CCCC4)cc1. The van der Waals surface area contributed by atoms with Gasteiger partial charge in [-0.15, -0.1) is 11.3 Å². The number of carbonyl (C=O) groups is 1. The summed E-state index contributed by atoms with van der Waals surface area (Å²) in [7, 11) is 0. The third kappa shape index (κ3) is 4.75. The second-order valence-corrected chi connectivity index (χ2v) is 11.6. The first-order chi connectivity index (χ1) is 17.0. The predicted octanol–water partition coefficient (Wildman–Crippen LogP) is 5.61. The molecule has 1 aliphatic carbocycles. The highest BCUT2D eigenvalue weighted by atomic mass is 32.2. The molecule has 1 fully saturated rings. The van der Waals surface area contributed by atoms with E-state index in [4.69, 9.17) is 9.72 Å². The summed E-state index contributed by atoms with van der Waals surface area (Å²) in [5.74, 6) is 1.16. The third-order valence-corrected chi connectivity index (χ3v) is 9.28. The van der Waals surface area contributed by atoms with Crippen molar-refractivity contribution in [2.75, 3.05) is 12.4 Å². The Morgan fingerprint density at radius 2 is 1.83 bits per heavy atom. The molecule has 3 aromatic rings. The van der Waals surface area contributed by atoms with Gasteiger partial charge >= 0.3 is 0 Å². The Bertz CT molecular complexity index is 1270. The van der Waals surface area contributed by atoms with Crippen molar-refractivity contribution in [2.24, 2.45) is 0 Å². The van der Waals surface area contributed by atoms with E-state index in [1.54, 1.807) is 15.9 Å². The molecule has 1 amide bonds. The highest BCUT2D eigenvalue weighted by molar-refractivity contribution is 7.99. The first kappa shape index (κ1) is 24.4. The molecule has 186 valence electrons. The molecule has 8 heteroatoms. The van der Waals surface area contributed by atoms with E-state index in [0.717, 1.165) is 66.6 Å². The number of hydrogen-bond donors (Lipinski definition) is 0. The van der Waals surface area contributed by atoms with Gasteiger partial charge in [-0.05, 0) is 95.5 Å². The molecule has 0 N–H and O–H groups in total. The number of thiophene rings is 1. The quantitative estimate of drug-likeness (QED) is 0.318. The number of thioether (sulfide) groups is 1. The second-order valence-electron chi connectivity index (χ2n) is 9.57. The number of piperidine rings is 1. The van der Waals surface area contributed by atoms with Crippen LogP contribution in [0.4, 0.5) is 0 Å². The Hall–Kier alpha value is -2.32. The van der Waals surface area contributed by atoms with Gasteiger partial charge in [0.1, 0.15) is 10.6 Å². The molecule has 5 rings (SSSR count). The zero-order valence-electron chi connectivity index (χ0n) is 20.7. The van der Waals surface area contributed by atoms with Gasteiger partial charge in [-0.3, -0.25) is 14.2 Å². The number of ether oxygens (including phenoxy) is 1. The average molecular weight is 512 g/mol. The summed E-state index contributed by atoms with van der Waals surface area (Å²) in [6, 6.07) is 8.07. The molecule has 0 saturated carbocycles. The Morgan fingerprint density at radius 1 is 1.11 bits per heavy atom. The zero-order chi connectivity index (χ0) is 24.5. The molecular formula is C27H33N3O3S2. The van der Waals surface area contributed by atoms with Crippen LogP contribution in [0.1, 0.15) is 63.3 Å². The van der Waals surface area contributed by atoms with Crippen LogP contribution in [-0.2, 0) is 17.6 Å². The minimum Gasteiger partial charge on any atom is -0.494 e. The van der Waals surface area contributed by atoms with E-state index in [9.17, 15) is 9.59 Å². The Labute approximate surface area is 214 Å². The summed E-state index contributed by atoms with van der Waals surface area (Å²) >= 11 is 3.02. The first-order valence-electron chi connectivity index (χ1n) is 12.7. The van der Waals surface area contributed by atoms with Crippen LogP contribution in [0.5, 0.6) is 5.75 Å². The number of amides is 1. The minimum atomic E-state index is -0.0341. The molecule has 3 heterocycles. The van der Waals surface area contributed by atoms with Crippen LogP contribution in [0.25, 0.3) is 15.9 Å². The number of rotatable bonds is 6. The van der Waals surface area contributed by atoms with E-state index in [1.807, 2.05) is 36.1 Å². The molecule has 0 bridgehead atoms. The van der Waals surface area contributed by atoms with Crippen LogP contribution in [0.3, 0.4) is 0 Å². The van der Waals surface area contributed by atoms with Crippen molar-refractivity contribution in [3.05, 3.63) is 45.1 Å². The maximum absolute atomic E-state index is 13.9. The number of hydrogen-bond acceptors (Lipinski definition) is 6. The number of likely N-dealkylation sites (tertiary alicyclic amines) is 1. The van der Waals surface area contributed by atoms with Crippen LogP contribution < -0.4 is 10.3 Å². The zero-order valence-corrected chi connectivity index (χ0v) is 22.3. The Morgan fingerprint density at radius 3 is 2.54 bits per heavy atom. The van der Waals surface area contributed by atoms with Gasteiger partial charge in [-0.25, -0.2) is 4.98 Å². The van der Waals surface area contributed by atoms with Gasteiger partial charge in [0.15, 0.2) is 5.16 Å². The van der Waals surface area contributed by atoms with Crippen molar-refractivity contribution in [1.29, 1.82) is 0 Å². The molecule has 1 aliphatic heterocycles. The Kier molecular flexibility index (Phi) is 7.21. The van der Waals surface area contributed by atoms with Gasteiger partial charge in [0.25, 0.3) is 5.56 Å². The molecule has 0 spiro atoms. The van der Waals surface area contributed by atoms with Crippen molar-refractivity contribution in [1.82, 2.24) is 14.5 Å². The summed E-state index contributed by atoms with van der Waals surface area (Å²) in [5, 5.41) is 1.34. The van der Waals surface area contributed by atoms with Crippen LogP contribution >= 0.6 is 23.1 Å². The van der Waals surface area contributed by atoms with Crippen molar-refractivity contribution < 1.29 is 9.53 Å². The van der Waals surface area contributed by atoms with E-state index in [2.05, 4.69) is 13.8 Å². The molecule has 35 heavy (non-hydrogen) atoms. The number of carbonyl (C=O) groups excluding carboxylic acids is 1. The van der Waals surface area contributed by atoms with Crippen LogP contribution in [0.2, 0.25) is 0 Å². The van der Waals surface area contributed by atoms with E-state index in [0.29, 0.717) is 11.8 Å². The second kappa shape index (κ2) is 10.3. The van der Waals surface area contributed by atoms with Crippen LogP contribution in [-0.4, -0.2) is 44.8 Å². The fourth-order valence-corrected chi connectivity index (χ4v) is 7.67. The van der Waals surface area contributed by atoms with E-state index < -0.39 is 0 Å². The number of nitrogens with zero attached hydrogens (tertiary/aromatic N) is 3. The summed E-state index contributed by atoms with van der Waals surface area (Å²) in [4.78, 5) is 36.3. The monoisotopic (exact) mass is 511 g/mol. The lowest BCUT2D eigenvalue weighted by Gasteiger charge is -2.39. The average Bonchev–Trinajstić information content (AvgIpc) is 3.22. The molecule has 2 aromatic heterocycles.